The molecule has 45 valence electrons. The molecule has 0 aromatic carbocycles. The van der Waals surface area contributed by atoms with Crippen LogP contribution in [0.15, 0.2) is 9.19 Å². The molecule has 0 aromatic rings. The monoisotopic (exact) mass is 356 g/mol. The summed E-state index contributed by atoms with van der Waals surface area (Å²) in [5, 5.41) is 0. The maximum Gasteiger partial charge on any atom is 0 e. The summed E-state index contributed by atoms with van der Waals surface area (Å²) in [7, 11) is 0. The van der Waals surface area contributed by atoms with Gasteiger partial charge in [0.1, 0.15) is 0 Å². The predicted molar refractivity (Wildman–Crippen MR) is 26.9 cm³/mol. The Morgan fingerprint density at radius 2 is 2.00 bits per heavy atom. The molecule has 8 heavy (non-hydrogen) atoms. The van der Waals surface area contributed by atoms with Crippen LogP contribution in [0.5, 0.6) is 0 Å². The van der Waals surface area contributed by atoms with Gasteiger partial charge in [0.15, 0.2) is 0 Å². The SMILES string of the molecule is C[C-]=C(C)[N]=[W].[CH3-].[Y]. The van der Waals surface area contributed by atoms with E-state index in [0.717, 1.165) is 5.70 Å². The van der Waals surface area contributed by atoms with E-state index in [1.54, 1.807) is 0 Å². The third kappa shape index (κ3) is 10.3. The molecule has 0 unspecified atom stereocenters. The molecule has 0 fully saturated rings. The Balaban J connectivity index is -0.000000125. The van der Waals surface area contributed by atoms with Crippen LogP contribution in [-0.4, -0.2) is 0 Å². The zero-order valence-electron chi connectivity index (χ0n) is 5.43. The van der Waals surface area contributed by atoms with Crippen molar-refractivity contribution in [1.82, 2.24) is 0 Å². The maximum atomic E-state index is 3.90. The molecular weight excluding hydrogens is 347 g/mol. The van der Waals surface area contributed by atoms with Gasteiger partial charge in [-0.3, -0.25) is 0 Å². The summed E-state index contributed by atoms with van der Waals surface area (Å²) >= 11 is 1.25. The summed E-state index contributed by atoms with van der Waals surface area (Å²) in [6, 6.07) is 0. The van der Waals surface area contributed by atoms with E-state index in [4.69, 9.17) is 0 Å². The van der Waals surface area contributed by atoms with Gasteiger partial charge in [-0.15, -0.1) is 0 Å². The van der Waals surface area contributed by atoms with Crippen LogP contribution in [0.4, 0.5) is 0 Å². The van der Waals surface area contributed by atoms with E-state index in [1.807, 2.05) is 13.8 Å². The molecule has 0 saturated carbocycles. The first-order valence-electron chi connectivity index (χ1n) is 1.66. The van der Waals surface area contributed by atoms with E-state index in [-0.39, 0.29) is 40.1 Å². The molecular formula is C5H9NWY-2. The third-order valence-electron chi connectivity index (χ3n) is 0.499. The number of allylic oxidation sites excluding steroid dienone is 2. The van der Waals surface area contributed by atoms with E-state index in [0.29, 0.717) is 0 Å². The van der Waals surface area contributed by atoms with E-state index >= 15 is 0 Å². The molecule has 0 rings (SSSR count). The molecule has 0 aliphatic carbocycles. The Bertz CT molecular complexity index is 80.5. The Labute approximate surface area is 88.0 Å². The predicted octanol–water partition coefficient (Wildman–Crippen LogP) is 1.89. The first-order valence-corrected chi connectivity index (χ1v) is 2.97. The molecule has 0 aliphatic rings. The minimum absolute atomic E-state index is 0. The minimum Gasteiger partial charge on any atom is -0.358 e. The average molecular weight is 356 g/mol. The van der Waals surface area contributed by atoms with Gasteiger partial charge in [0.25, 0.3) is 0 Å². The van der Waals surface area contributed by atoms with Gasteiger partial charge in [-0.05, 0) is 0 Å². The van der Waals surface area contributed by atoms with E-state index in [1.165, 1.54) is 19.6 Å². The zero-order chi connectivity index (χ0) is 4.99. The summed E-state index contributed by atoms with van der Waals surface area (Å²) in [4.78, 5) is 0. The summed E-state index contributed by atoms with van der Waals surface area (Å²) in [5.74, 6) is 0. The number of rotatable bonds is 1. The summed E-state index contributed by atoms with van der Waals surface area (Å²) in [5.41, 5.74) is 1.00. The van der Waals surface area contributed by atoms with Crippen LogP contribution in [-0.2, 0) is 52.3 Å². The van der Waals surface area contributed by atoms with E-state index in [2.05, 4.69) is 9.57 Å². The van der Waals surface area contributed by atoms with Crippen molar-refractivity contribution in [3.63, 3.8) is 0 Å². The fraction of sp³-hybridized carbons (Fsp3) is 0.400. The van der Waals surface area contributed by atoms with Crippen molar-refractivity contribution in [3.05, 3.63) is 19.2 Å². The van der Waals surface area contributed by atoms with Crippen LogP contribution in [0.25, 0.3) is 0 Å². The standard InChI is InChI=1S/C4H6N.CH3.W.Y/c1-3-4(2)5;;;/h1-2H3;1H3;;/q2*-1;;. The van der Waals surface area contributed by atoms with Crippen LogP contribution in [0, 0.1) is 13.5 Å². The van der Waals surface area contributed by atoms with Gasteiger partial charge < -0.3 is 7.43 Å². The Morgan fingerprint density at radius 1 is 1.62 bits per heavy atom. The number of hydrogen-bond acceptors (Lipinski definition) is 1. The second kappa shape index (κ2) is 11.2. The minimum atomic E-state index is 0. The molecule has 0 bridgehead atoms. The van der Waals surface area contributed by atoms with E-state index in [9.17, 15) is 0 Å². The average Bonchev–Trinajstić information content (AvgIpc) is 1.65. The van der Waals surface area contributed by atoms with Crippen LogP contribution in [0.3, 0.4) is 0 Å². The molecule has 1 nitrogen and oxygen atoms in total. The normalized spacial score (nSPS) is 8.50. The van der Waals surface area contributed by atoms with Crippen molar-refractivity contribution in [3.8, 4) is 0 Å². The van der Waals surface area contributed by atoms with Crippen molar-refractivity contribution in [1.29, 1.82) is 0 Å². The number of nitrogens with zero attached hydrogens (tertiary/aromatic N) is 1. The van der Waals surface area contributed by atoms with E-state index < -0.39 is 0 Å². The van der Waals surface area contributed by atoms with Crippen LogP contribution in [0.2, 0.25) is 0 Å². The van der Waals surface area contributed by atoms with Gasteiger partial charge in [0, 0.05) is 32.7 Å². The molecule has 0 spiro atoms. The Kier molecular flexibility index (Phi) is 22.6. The molecule has 0 aliphatic heterocycles. The zero-order valence-corrected chi connectivity index (χ0v) is 11.2. The van der Waals surface area contributed by atoms with Gasteiger partial charge >= 0.3 is 48.7 Å². The summed E-state index contributed by atoms with van der Waals surface area (Å²) in [6.07, 6.45) is 2.89. The maximum absolute atomic E-state index is 3.90. The third-order valence-corrected chi connectivity index (χ3v) is 1.48. The quantitative estimate of drug-likeness (QED) is 0.637. The molecule has 3 heteroatoms. The fourth-order valence-corrected chi connectivity index (χ4v) is 0.374. The topological polar surface area (TPSA) is 12.4 Å². The molecule has 0 aromatic heterocycles. The molecule has 0 amide bonds. The fourth-order valence-electron chi connectivity index (χ4n) is 0.0456. The molecule has 1 radical (unpaired) electrons. The molecule has 0 atom stereocenters. The van der Waals surface area contributed by atoms with Gasteiger partial charge in [-0.25, -0.2) is 0 Å². The van der Waals surface area contributed by atoms with Gasteiger partial charge in [-0.2, -0.15) is 0 Å². The van der Waals surface area contributed by atoms with Crippen molar-refractivity contribution < 1.29 is 52.3 Å². The number of hydrogen-bond donors (Lipinski definition) is 0. The smallest absolute Gasteiger partial charge is 0 e. The first kappa shape index (κ1) is 16.2. The molecule has 0 heterocycles. The Hall–Kier alpha value is 1.33. The van der Waals surface area contributed by atoms with Gasteiger partial charge in [-0.1, -0.05) is 0 Å². The van der Waals surface area contributed by atoms with Crippen molar-refractivity contribution in [2.75, 3.05) is 0 Å². The van der Waals surface area contributed by atoms with Crippen LogP contribution >= 0.6 is 0 Å². The van der Waals surface area contributed by atoms with Crippen molar-refractivity contribution >= 4 is 0 Å². The van der Waals surface area contributed by atoms with Crippen LogP contribution < -0.4 is 0 Å². The Morgan fingerprint density at radius 3 is 2.00 bits per heavy atom. The molecule has 0 saturated heterocycles. The first-order chi connectivity index (χ1) is 2.81. The van der Waals surface area contributed by atoms with Crippen LogP contribution in [0.1, 0.15) is 13.8 Å². The van der Waals surface area contributed by atoms with Crippen molar-refractivity contribution in [2.24, 2.45) is 3.50 Å². The summed E-state index contributed by atoms with van der Waals surface area (Å²) < 4.78 is 3.90. The van der Waals surface area contributed by atoms with Crippen molar-refractivity contribution in [2.45, 2.75) is 13.8 Å². The summed E-state index contributed by atoms with van der Waals surface area (Å²) in [6.45, 7) is 3.80. The van der Waals surface area contributed by atoms with Gasteiger partial charge in [0.2, 0.25) is 0 Å². The van der Waals surface area contributed by atoms with Gasteiger partial charge in [0.05, 0.1) is 0 Å². The largest absolute Gasteiger partial charge is 0.358 e. The second-order valence-corrected chi connectivity index (χ2v) is 1.58. The second-order valence-electron chi connectivity index (χ2n) is 0.927. The molecule has 0 N–H and O–H groups in total.